The van der Waals surface area contributed by atoms with Gasteiger partial charge in [-0.2, -0.15) is 4.31 Å². The number of piperidine rings is 1. The van der Waals surface area contributed by atoms with Crippen molar-refractivity contribution in [2.75, 3.05) is 18.4 Å². The molecule has 1 N–H and O–H groups in total. The number of sulfonamides is 1. The van der Waals surface area contributed by atoms with E-state index in [1.807, 2.05) is 6.07 Å². The SMILES string of the molecule is O=C(Nc1ccc(S(=O)(=O)N(C2CC2)C2CCN(Cc3ccccc3)CC2)cc1)c1ccco1. The maximum absolute atomic E-state index is 13.6. The van der Waals surface area contributed by atoms with Crippen molar-refractivity contribution in [2.45, 2.75) is 49.2 Å². The van der Waals surface area contributed by atoms with Crippen molar-refractivity contribution in [3.8, 4) is 0 Å². The van der Waals surface area contributed by atoms with Crippen molar-refractivity contribution in [1.82, 2.24) is 9.21 Å². The summed E-state index contributed by atoms with van der Waals surface area (Å²) in [5.41, 5.74) is 1.80. The van der Waals surface area contributed by atoms with Gasteiger partial charge in [0.1, 0.15) is 0 Å². The first kappa shape index (κ1) is 22.8. The highest BCUT2D eigenvalue weighted by Crippen LogP contribution is 2.37. The molecule has 34 heavy (non-hydrogen) atoms. The van der Waals surface area contributed by atoms with Crippen molar-refractivity contribution in [3.63, 3.8) is 0 Å². The minimum Gasteiger partial charge on any atom is -0.459 e. The van der Waals surface area contributed by atoms with Crippen LogP contribution in [0.15, 0.2) is 82.3 Å². The molecule has 8 heteroatoms. The Hall–Kier alpha value is -2.94. The molecule has 1 aromatic heterocycles. The second-order valence-electron chi connectivity index (χ2n) is 9.01. The molecule has 3 aromatic rings. The van der Waals surface area contributed by atoms with E-state index in [2.05, 4.69) is 34.5 Å². The van der Waals surface area contributed by atoms with E-state index >= 15 is 0 Å². The van der Waals surface area contributed by atoms with Crippen LogP contribution in [0.2, 0.25) is 0 Å². The van der Waals surface area contributed by atoms with Gasteiger partial charge >= 0.3 is 0 Å². The third-order valence-corrected chi connectivity index (χ3v) is 8.52. The number of rotatable bonds is 8. The quantitative estimate of drug-likeness (QED) is 0.519. The van der Waals surface area contributed by atoms with Crippen LogP contribution in [-0.2, 0) is 16.6 Å². The molecule has 0 bridgehead atoms. The molecule has 0 radical (unpaired) electrons. The molecule has 178 valence electrons. The first-order valence-corrected chi connectivity index (χ1v) is 13.2. The van der Waals surface area contributed by atoms with Gasteiger partial charge in [0.25, 0.3) is 5.91 Å². The maximum Gasteiger partial charge on any atom is 0.291 e. The van der Waals surface area contributed by atoms with Crippen LogP contribution in [0.3, 0.4) is 0 Å². The van der Waals surface area contributed by atoms with Crippen molar-refractivity contribution >= 4 is 21.6 Å². The average Bonchev–Trinajstić information content (AvgIpc) is 3.51. The van der Waals surface area contributed by atoms with E-state index in [9.17, 15) is 13.2 Å². The molecule has 0 spiro atoms. The van der Waals surface area contributed by atoms with Crippen LogP contribution in [0.4, 0.5) is 5.69 Å². The van der Waals surface area contributed by atoms with Gasteiger partial charge in [-0.25, -0.2) is 8.42 Å². The van der Waals surface area contributed by atoms with Crippen LogP contribution >= 0.6 is 0 Å². The summed E-state index contributed by atoms with van der Waals surface area (Å²) >= 11 is 0. The van der Waals surface area contributed by atoms with Gasteiger partial charge in [0.15, 0.2) is 5.76 Å². The molecular weight excluding hydrogens is 450 g/mol. The van der Waals surface area contributed by atoms with Crippen LogP contribution in [0, 0.1) is 0 Å². The monoisotopic (exact) mass is 479 g/mol. The Bertz CT molecular complexity index is 1200. The maximum atomic E-state index is 13.6. The summed E-state index contributed by atoms with van der Waals surface area (Å²) in [4.78, 5) is 14.8. The lowest BCUT2D eigenvalue weighted by molar-refractivity contribution is 0.0996. The number of furan rings is 1. The molecule has 1 aliphatic carbocycles. The molecule has 1 aliphatic heterocycles. The van der Waals surface area contributed by atoms with Crippen molar-refractivity contribution < 1.29 is 17.6 Å². The normalized spacial score (nSPS) is 17.7. The van der Waals surface area contributed by atoms with E-state index in [0.29, 0.717) is 5.69 Å². The van der Waals surface area contributed by atoms with Crippen molar-refractivity contribution in [1.29, 1.82) is 0 Å². The molecular formula is C26H29N3O4S. The predicted molar refractivity (Wildman–Crippen MR) is 130 cm³/mol. The fourth-order valence-corrected chi connectivity index (χ4v) is 6.56. The zero-order chi connectivity index (χ0) is 23.5. The second kappa shape index (κ2) is 9.74. The van der Waals surface area contributed by atoms with Crippen molar-refractivity contribution in [3.05, 3.63) is 84.3 Å². The van der Waals surface area contributed by atoms with Crippen LogP contribution in [0.25, 0.3) is 0 Å². The van der Waals surface area contributed by atoms with Gasteiger partial charge in [0.2, 0.25) is 10.0 Å². The van der Waals surface area contributed by atoms with Crippen LogP contribution < -0.4 is 5.32 Å². The number of carbonyl (C=O) groups excluding carboxylic acids is 1. The van der Waals surface area contributed by atoms with E-state index in [4.69, 9.17) is 4.42 Å². The second-order valence-corrected chi connectivity index (χ2v) is 10.9. The minimum atomic E-state index is -3.62. The van der Waals surface area contributed by atoms with Gasteiger partial charge in [-0.15, -0.1) is 0 Å². The number of carbonyl (C=O) groups is 1. The molecule has 1 saturated carbocycles. The molecule has 0 unspecified atom stereocenters. The highest BCUT2D eigenvalue weighted by atomic mass is 32.2. The van der Waals surface area contributed by atoms with Crippen LogP contribution in [0.1, 0.15) is 41.8 Å². The molecule has 1 saturated heterocycles. The molecule has 2 aromatic carbocycles. The molecule has 0 atom stereocenters. The highest BCUT2D eigenvalue weighted by Gasteiger charge is 2.43. The van der Waals surface area contributed by atoms with Gasteiger partial charge in [0.05, 0.1) is 11.2 Å². The van der Waals surface area contributed by atoms with Gasteiger partial charge in [-0.1, -0.05) is 30.3 Å². The number of anilines is 1. The third-order valence-electron chi connectivity index (χ3n) is 6.51. The Kier molecular flexibility index (Phi) is 6.54. The van der Waals surface area contributed by atoms with E-state index in [1.54, 1.807) is 40.7 Å². The Morgan fingerprint density at radius 1 is 0.912 bits per heavy atom. The lowest BCUT2D eigenvalue weighted by Gasteiger charge is -2.38. The smallest absolute Gasteiger partial charge is 0.291 e. The minimum absolute atomic E-state index is 0.0165. The zero-order valence-corrected chi connectivity index (χ0v) is 19.8. The number of amides is 1. The molecule has 2 aliphatic rings. The summed E-state index contributed by atoms with van der Waals surface area (Å²) in [6.07, 6.45) is 4.93. The lowest BCUT2D eigenvalue weighted by atomic mass is 10.0. The Labute approximate surface area is 200 Å². The van der Waals surface area contributed by atoms with E-state index < -0.39 is 10.0 Å². The molecule has 7 nitrogen and oxygen atoms in total. The molecule has 5 rings (SSSR count). The number of likely N-dealkylation sites (tertiary alicyclic amines) is 1. The number of nitrogens with zero attached hydrogens (tertiary/aromatic N) is 2. The number of nitrogens with one attached hydrogen (secondary N) is 1. The Morgan fingerprint density at radius 3 is 2.21 bits per heavy atom. The molecule has 2 fully saturated rings. The van der Waals surface area contributed by atoms with Gasteiger partial charge < -0.3 is 9.73 Å². The summed E-state index contributed by atoms with van der Waals surface area (Å²) in [5.74, 6) is -0.169. The fourth-order valence-electron chi connectivity index (χ4n) is 4.63. The first-order valence-electron chi connectivity index (χ1n) is 11.8. The number of hydrogen-bond acceptors (Lipinski definition) is 5. The Balaban J connectivity index is 1.25. The van der Waals surface area contributed by atoms with E-state index in [1.165, 1.54) is 11.8 Å². The summed E-state index contributed by atoms with van der Waals surface area (Å²) < 4.78 is 34.1. The molecule has 1 amide bonds. The zero-order valence-electron chi connectivity index (χ0n) is 19.0. The van der Waals surface area contributed by atoms with Crippen molar-refractivity contribution in [2.24, 2.45) is 0 Å². The largest absolute Gasteiger partial charge is 0.459 e. The van der Waals surface area contributed by atoms with Crippen LogP contribution in [-0.4, -0.2) is 48.7 Å². The van der Waals surface area contributed by atoms with Gasteiger partial charge in [-0.3, -0.25) is 9.69 Å². The topological polar surface area (TPSA) is 82.9 Å². The predicted octanol–water partition coefficient (Wildman–Crippen LogP) is 4.35. The highest BCUT2D eigenvalue weighted by molar-refractivity contribution is 7.89. The fraction of sp³-hybridized carbons (Fsp3) is 0.346. The van der Waals surface area contributed by atoms with Gasteiger partial charge in [-0.05, 0) is 67.6 Å². The first-order chi connectivity index (χ1) is 16.5. The number of benzene rings is 2. The van der Waals surface area contributed by atoms with E-state index in [-0.39, 0.29) is 28.6 Å². The van der Waals surface area contributed by atoms with Gasteiger partial charge in [0, 0.05) is 37.4 Å². The standard InChI is InChI=1S/C26H29N3O4S/c30-26(25-7-4-18-33-25)27-21-8-12-24(13-9-21)34(31,32)29(22-10-11-22)23-14-16-28(17-15-23)19-20-5-2-1-3-6-20/h1-9,12-13,18,22-23H,10-11,14-17,19H2,(H,27,30). The lowest BCUT2D eigenvalue weighted by Crippen LogP contribution is -2.48. The summed E-state index contributed by atoms with van der Waals surface area (Å²) in [6.45, 7) is 2.67. The van der Waals surface area contributed by atoms with Crippen LogP contribution in [0.5, 0.6) is 0 Å². The summed E-state index contributed by atoms with van der Waals surface area (Å²) in [5, 5.41) is 2.73. The average molecular weight is 480 g/mol. The Morgan fingerprint density at radius 2 is 1.59 bits per heavy atom. The van der Waals surface area contributed by atoms with E-state index in [0.717, 1.165) is 45.3 Å². The third kappa shape index (κ3) is 5.09. The summed E-state index contributed by atoms with van der Waals surface area (Å²) in [6, 6.07) is 20.1. The molecule has 2 heterocycles. The number of hydrogen-bond donors (Lipinski definition) is 1. The summed E-state index contributed by atoms with van der Waals surface area (Å²) in [7, 11) is -3.62.